The van der Waals surface area contributed by atoms with E-state index in [2.05, 4.69) is 26.2 Å². The highest BCUT2D eigenvalue weighted by Crippen LogP contribution is 2.16. The summed E-state index contributed by atoms with van der Waals surface area (Å²) >= 11 is 0. The SMILES string of the molecule is CN(CC(=O)N1CCNC(=O)C1)C1CCN(CCc2ccccn2)CC1. The van der Waals surface area contributed by atoms with E-state index in [0.717, 1.165) is 44.6 Å². The van der Waals surface area contributed by atoms with Gasteiger partial charge in [0.15, 0.2) is 0 Å². The molecule has 1 aromatic rings. The fourth-order valence-electron chi connectivity index (χ4n) is 3.70. The molecule has 0 spiro atoms. The van der Waals surface area contributed by atoms with Gasteiger partial charge in [0.25, 0.3) is 0 Å². The van der Waals surface area contributed by atoms with Crippen LogP contribution in [-0.4, -0.2) is 90.4 Å². The monoisotopic (exact) mass is 359 g/mol. The molecule has 2 aliphatic rings. The van der Waals surface area contributed by atoms with Crippen molar-refractivity contribution >= 4 is 11.8 Å². The van der Waals surface area contributed by atoms with Crippen molar-refractivity contribution in [3.63, 3.8) is 0 Å². The van der Waals surface area contributed by atoms with Crippen LogP contribution in [0.15, 0.2) is 24.4 Å². The molecule has 0 aromatic carbocycles. The second kappa shape index (κ2) is 9.09. The van der Waals surface area contributed by atoms with Crippen LogP contribution in [0, 0.1) is 0 Å². The maximum absolute atomic E-state index is 12.4. The van der Waals surface area contributed by atoms with E-state index in [9.17, 15) is 9.59 Å². The number of likely N-dealkylation sites (tertiary alicyclic amines) is 1. The van der Waals surface area contributed by atoms with E-state index in [4.69, 9.17) is 0 Å². The second-order valence-corrected chi connectivity index (χ2v) is 7.22. The molecule has 0 bridgehead atoms. The Balaban J connectivity index is 1.38. The van der Waals surface area contributed by atoms with Gasteiger partial charge in [0.05, 0.1) is 13.1 Å². The van der Waals surface area contributed by atoms with Crippen LogP contribution in [0.2, 0.25) is 0 Å². The number of carbonyl (C=O) groups excluding carboxylic acids is 2. The highest BCUT2D eigenvalue weighted by Gasteiger charge is 2.26. The Labute approximate surface area is 155 Å². The van der Waals surface area contributed by atoms with Gasteiger partial charge in [-0.2, -0.15) is 0 Å². The summed E-state index contributed by atoms with van der Waals surface area (Å²) in [6.07, 6.45) is 4.98. The van der Waals surface area contributed by atoms with Crippen LogP contribution in [0.25, 0.3) is 0 Å². The summed E-state index contributed by atoms with van der Waals surface area (Å²) in [4.78, 5) is 34.5. The van der Waals surface area contributed by atoms with Gasteiger partial charge in [0.2, 0.25) is 11.8 Å². The Morgan fingerprint density at radius 2 is 2.12 bits per heavy atom. The Morgan fingerprint density at radius 1 is 1.31 bits per heavy atom. The number of rotatable bonds is 6. The summed E-state index contributed by atoms with van der Waals surface area (Å²) in [6, 6.07) is 6.49. The molecule has 2 amide bonds. The van der Waals surface area contributed by atoms with Crippen LogP contribution < -0.4 is 5.32 Å². The second-order valence-electron chi connectivity index (χ2n) is 7.22. The van der Waals surface area contributed by atoms with Crippen LogP contribution in [0.5, 0.6) is 0 Å². The Morgan fingerprint density at radius 3 is 2.81 bits per heavy atom. The van der Waals surface area contributed by atoms with Crippen molar-refractivity contribution < 1.29 is 9.59 Å². The third kappa shape index (κ3) is 5.25. The number of aromatic nitrogens is 1. The number of hydrogen-bond acceptors (Lipinski definition) is 5. The minimum Gasteiger partial charge on any atom is -0.353 e. The number of nitrogens with zero attached hydrogens (tertiary/aromatic N) is 4. The Bertz CT molecular complexity index is 601. The van der Waals surface area contributed by atoms with Crippen molar-refractivity contribution in [2.75, 3.05) is 52.9 Å². The highest BCUT2D eigenvalue weighted by molar-refractivity contribution is 5.86. The van der Waals surface area contributed by atoms with E-state index in [0.29, 0.717) is 25.7 Å². The molecule has 1 aromatic heterocycles. The lowest BCUT2D eigenvalue weighted by atomic mass is 10.0. The zero-order valence-corrected chi connectivity index (χ0v) is 15.6. The maximum Gasteiger partial charge on any atom is 0.239 e. The van der Waals surface area contributed by atoms with E-state index >= 15 is 0 Å². The van der Waals surface area contributed by atoms with Gasteiger partial charge in [0, 0.05) is 44.0 Å². The fourth-order valence-corrected chi connectivity index (χ4v) is 3.70. The van der Waals surface area contributed by atoms with Gasteiger partial charge in [-0.1, -0.05) is 6.07 Å². The molecule has 0 unspecified atom stereocenters. The molecule has 1 N–H and O–H groups in total. The molecule has 7 nitrogen and oxygen atoms in total. The summed E-state index contributed by atoms with van der Waals surface area (Å²) in [5, 5.41) is 2.76. The lowest BCUT2D eigenvalue weighted by Crippen LogP contribution is -2.53. The molecule has 142 valence electrons. The molecule has 0 atom stereocenters. The molecule has 2 saturated heterocycles. The quantitative estimate of drug-likeness (QED) is 0.773. The molecule has 0 radical (unpaired) electrons. The maximum atomic E-state index is 12.4. The number of hydrogen-bond donors (Lipinski definition) is 1. The number of likely N-dealkylation sites (N-methyl/N-ethyl adjacent to an activating group) is 1. The average Bonchev–Trinajstić information content (AvgIpc) is 2.67. The summed E-state index contributed by atoms with van der Waals surface area (Å²) in [6.45, 7) is 4.91. The van der Waals surface area contributed by atoms with Crippen molar-refractivity contribution in [2.24, 2.45) is 0 Å². The third-order valence-corrected chi connectivity index (χ3v) is 5.37. The van der Waals surface area contributed by atoms with Gasteiger partial charge in [-0.15, -0.1) is 0 Å². The largest absolute Gasteiger partial charge is 0.353 e. The molecule has 0 aliphatic carbocycles. The fraction of sp³-hybridized carbons (Fsp3) is 0.632. The summed E-state index contributed by atoms with van der Waals surface area (Å²) in [5.74, 6) is -0.00611. The van der Waals surface area contributed by atoms with Crippen molar-refractivity contribution in [3.05, 3.63) is 30.1 Å². The van der Waals surface area contributed by atoms with Crippen LogP contribution in [-0.2, 0) is 16.0 Å². The zero-order valence-electron chi connectivity index (χ0n) is 15.6. The first-order valence-corrected chi connectivity index (χ1v) is 9.49. The molecule has 2 aliphatic heterocycles. The number of nitrogens with one attached hydrogen (secondary N) is 1. The zero-order chi connectivity index (χ0) is 18.4. The predicted molar refractivity (Wildman–Crippen MR) is 99.6 cm³/mol. The molecule has 3 heterocycles. The topological polar surface area (TPSA) is 68.8 Å². The molecule has 3 rings (SSSR count). The summed E-state index contributed by atoms with van der Waals surface area (Å²) in [5.41, 5.74) is 1.14. The van der Waals surface area contributed by atoms with Crippen molar-refractivity contribution in [2.45, 2.75) is 25.3 Å². The van der Waals surface area contributed by atoms with E-state index in [1.54, 1.807) is 4.90 Å². The molecular formula is C19H29N5O2. The smallest absolute Gasteiger partial charge is 0.239 e. The first-order valence-electron chi connectivity index (χ1n) is 9.49. The number of pyridine rings is 1. The first kappa shape index (κ1) is 18.8. The minimum atomic E-state index is -0.0616. The first-order chi connectivity index (χ1) is 12.6. The number of carbonyl (C=O) groups is 2. The van der Waals surface area contributed by atoms with Crippen molar-refractivity contribution in [1.29, 1.82) is 0 Å². The number of piperazine rings is 1. The van der Waals surface area contributed by atoms with Gasteiger partial charge in [0.1, 0.15) is 0 Å². The Kier molecular flexibility index (Phi) is 6.57. The van der Waals surface area contributed by atoms with Crippen LogP contribution in [0.1, 0.15) is 18.5 Å². The molecule has 0 saturated carbocycles. The van der Waals surface area contributed by atoms with Crippen LogP contribution in [0.4, 0.5) is 0 Å². The standard InChI is InChI=1S/C19H29N5O2/c1-22(15-19(26)24-13-9-21-18(25)14-24)17-6-11-23(12-7-17)10-5-16-4-2-3-8-20-16/h2-4,8,17H,5-7,9-15H2,1H3,(H,21,25). The molecular weight excluding hydrogens is 330 g/mol. The molecule has 2 fully saturated rings. The highest BCUT2D eigenvalue weighted by atomic mass is 16.2. The normalized spacial score (nSPS) is 19.6. The minimum absolute atomic E-state index is 0.0555. The van der Waals surface area contributed by atoms with E-state index < -0.39 is 0 Å². The van der Waals surface area contributed by atoms with Gasteiger partial charge in [-0.05, 0) is 45.1 Å². The molecule has 7 heteroatoms. The van der Waals surface area contributed by atoms with E-state index in [-0.39, 0.29) is 18.4 Å². The predicted octanol–water partition coefficient (Wildman–Crippen LogP) is -0.0213. The van der Waals surface area contributed by atoms with Crippen LogP contribution >= 0.6 is 0 Å². The van der Waals surface area contributed by atoms with Crippen LogP contribution in [0.3, 0.4) is 0 Å². The van der Waals surface area contributed by atoms with E-state index in [1.807, 2.05) is 25.4 Å². The third-order valence-electron chi connectivity index (χ3n) is 5.37. The van der Waals surface area contributed by atoms with Gasteiger partial charge in [-0.25, -0.2) is 0 Å². The van der Waals surface area contributed by atoms with Crippen molar-refractivity contribution in [3.8, 4) is 0 Å². The average molecular weight is 359 g/mol. The van der Waals surface area contributed by atoms with Crippen molar-refractivity contribution in [1.82, 2.24) is 25.0 Å². The van der Waals surface area contributed by atoms with Gasteiger partial charge < -0.3 is 15.1 Å². The number of amides is 2. The Hall–Kier alpha value is -1.99. The van der Waals surface area contributed by atoms with E-state index in [1.165, 1.54) is 0 Å². The molecule has 26 heavy (non-hydrogen) atoms. The summed E-state index contributed by atoms with van der Waals surface area (Å²) < 4.78 is 0. The van der Waals surface area contributed by atoms with Gasteiger partial charge >= 0.3 is 0 Å². The lowest BCUT2D eigenvalue weighted by Gasteiger charge is -2.37. The number of piperidine rings is 1. The lowest BCUT2D eigenvalue weighted by molar-refractivity contribution is -0.139. The van der Waals surface area contributed by atoms with Gasteiger partial charge in [-0.3, -0.25) is 19.5 Å². The summed E-state index contributed by atoms with van der Waals surface area (Å²) in [7, 11) is 2.02.